The van der Waals surface area contributed by atoms with Gasteiger partial charge in [0.1, 0.15) is 0 Å². The van der Waals surface area contributed by atoms with Gasteiger partial charge in [-0.25, -0.2) is 0 Å². The lowest BCUT2D eigenvalue weighted by Crippen LogP contribution is -2.04. The molecule has 1 N–H and O–H groups in total. The number of para-hydroxylation sites is 1. The van der Waals surface area contributed by atoms with Crippen molar-refractivity contribution < 1.29 is 0 Å². The second-order valence-electron chi connectivity index (χ2n) is 4.98. The molecule has 0 aliphatic heterocycles. The highest BCUT2D eigenvalue weighted by Gasteiger charge is 2.12. The Morgan fingerprint density at radius 2 is 1.90 bits per heavy atom. The van der Waals surface area contributed by atoms with Crippen LogP contribution in [0.2, 0.25) is 0 Å². The molecule has 0 radical (unpaired) electrons. The second-order valence-corrected chi connectivity index (χ2v) is 4.98. The third-order valence-corrected chi connectivity index (χ3v) is 3.60. The molecule has 0 spiro atoms. The van der Waals surface area contributed by atoms with Gasteiger partial charge in [0.25, 0.3) is 0 Å². The van der Waals surface area contributed by atoms with E-state index in [4.69, 9.17) is 0 Å². The van der Waals surface area contributed by atoms with E-state index in [2.05, 4.69) is 15.2 Å². The lowest BCUT2D eigenvalue weighted by molar-refractivity contribution is 1.06. The molecule has 4 aromatic rings. The number of benzene rings is 1. The second kappa shape index (κ2) is 4.28. The highest BCUT2D eigenvalue weighted by molar-refractivity contribution is 5.80. The summed E-state index contributed by atoms with van der Waals surface area (Å²) in [6.45, 7) is 1.99. The van der Waals surface area contributed by atoms with Crippen LogP contribution in [0.5, 0.6) is 0 Å². The number of rotatable bonds is 1. The van der Waals surface area contributed by atoms with E-state index >= 15 is 0 Å². The quantitative estimate of drug-likeness (QED) is 0.581. The predicted molar refractivity (Wildman–Crippen MR) is 81.3 cm³/mol. The van der Waals surface area contributed by atoms with E-state index in [9.17, 15) is 4.79 Å². The van der Waals surface area contributed by atoms with Crippen molar-refractivity contribution in [2.45, 2.75) is 6.92 Å². The van der Waals surface area contributed by atoms with Gasteiger partial charge in [-0.1, -0.05) is 18.2 Å². The number of fused-ring (bicyclic) bond motifs is 2. The number of pyridine rings is 2. The van der Waals surface area contributed by atoms with Gasteiger partial charge in [-0.3, -0.25) is 9.20 Å². The number of nitrogens with zero attached hydrogens (tertiary/aromatic N) is 3. The smallest absolute Gasteiger partial charge is 0.190 e. The van der Waals surface area contributed by atoms with Gasteiger partial charge in [-0.2, -0.15) is 0 Å². The normalized spacial score (nSPS) is 11.3. The molecule has 0 bridgehead atoms. The zero-order valence-electron chi connectivity index (χ0n) is 11.4. The van der Waals surface area contributed by atoms with Crippen LogP contribution in [-0.2, 0) is 0 Å². The number of H-pyrrole nitrogens is 1. The fourth-order valence-electron chi connectivity index (χ4n) is 2.59. The molecule has 5 heteroatoms. The molecule has 0 aliphatic rings. The van der Waals surface area contributed by atoms with Crippen molar-refractivity contribution in [1.82, 2.24) is 19.6 Å². The van der Waals surface area contributed by atoms with Gasteiger partial charge in [0.15, 0.2) is 16.9 Å². The monoisotopic (exact) mass is 276 g/mol. The van der Waals surface area contributed by atoms with Crippen molar-refractivity contribution >= 4 is 16.6 Å². The third-order valence-electron chi connectivity index (χ3n) is 3.60. The topological polar surface area (TPSA) is 63.0 Å². The van der Waals surface area contributed by atoms with Gasteiger partial charge >= 0.3 is 0 Å². The lowest BCUT2D eigenvalue weighted by Gasteiger charge is -2.05. The third kappa shape index (κ3) is 1.74. The Morgan fingerprint density at radius 3 is 2.81 bits per heavy atom. The molecule has 1 aromatic carbocycles. The van der Waals surface area contributed by atoms with Crippen LogP contribution in [0, 0.1) is 6.92 Å². The summed E-state index contributed by atoms with van der Waals surface area (Å²) >= 11 is 0. The van der Waals surface area contributed by atoms with Crippen LogP contribution in [0.1, 0.15) is 5.69 Å². The van der Waals surface area contributed by atoms with Crippen LogP contribution >= 0.6 is 0 Å². The van der Waals surface area contributed by atoms with Crippen molar-refractivity contribution in [3.8, 4) is 11.5 Å². The minimum absolute atomic E-state index is 0.0234. The molecule has 0 saturated heterocycles. The Labute approximate surface area is 119 Å². The molecule has 0 aliphatic carbocycles. The average molecular weight is 276 g/mol. The minimum Gasteiger partial charge on any atom is -0.352 e. The van der Waals surface area contributed by atoms with Crippen LogP contribution < -0.4 is 5.43 Å². The number of nitrogens with one attached hydrogen (secondary N) is 1. The predicted octanol–water partition coefficient (Wildman–Crippen LogP) is 2.55. The zero-order valence-corrected chi connectivity index (χ0v) is 11.4. The molecule has 0 unspecified atom stereocenters. The molecule has 3 aromatic heterocycles. The van der Waals surface area contributed by atoms with Crippen LogP contribution in [0.15, 0.2) is 53.3 Å². The van der Waals surface area contributed by atoms with Gasteiger partial charge in [-0.05, 0) is 31.2 Å². The lowest BCUT2D eigenvalue weighted by atomic mass is 10.2. The summed E-state index contributed by atoms with van der Waals surface area (Å²) in [4.78, 5) is 15.5. The maximum atomic E-state index is 12.2. The van der Waals surface area contributed by atoms with E-state index in [1.807, 2.05) is 53.8 Å². The highest BCUT2D eigenvalue weighted by atomic mass is 16.1. The Bertz CT molecular complexity index is 1030. The van der Waals surface area contributed by atoms with Gasteiger partial charge in [0.05, 0.1) is 5.69 Å². The number of hydrogen-bond acceptors (Lipinski definition) is 3. The molecule has 4 rings (SSSR count). The van der Waals surface area contributed by atoms with Crippen LogP contribution in [0.4, 0.5) is 0 Å². The average Bonchev–Trinajstić information content (AvgIpc) is 2.93. The maximum Gasteiger partial charge on any atom is 0.190 e. The SMILES string of the molecule is Cc1cccc2nnc(-c3cc(=O)c4ccccc4[nH]3)n12. The highest BCUT2D eigenvalue weighted by Crippen LogP contribution is 2.19. The number of aromatic amines is 1. The summed E-state index contributed by atoms with van der Waals surface area (Å²) in [7, 11) is 0. The maximum absolute atomic E-state index is 12.2. The first-order chi connectivity index (χ1) is 10.2. The Morgan fingerprint density at radius 1 is 1.05 bits per heavy atom. The number of aryl methyl sites for hydroxylation is 1. The largest absolute Gasteiger partial charge is 0.352 e. The standard InChI is InChI=1S/C16H12N4O/c1-10-5-4-8-15-18-19-16(20(10)15)13-9-14(21)11-6-2-3-7-12(11)17-13/h2-9H,1H3,(H,17,21). The van der Waals surface area contributed by atoms with Crippen molar-refractivity contribution in [3.63, 3.8) is 0 Å². The number of aromatic nitrogens is 4. The Kier molecular flexibility index (Phi) is 2.41. The molecule has 0 atom stereocenters. The molecule has 3 heterocycles. The molecule has 102 valence electrons. The molecule has 0 fully saturated rings. The molecule has 21 heavy (non-hydrogen) atoms. The summed E-state index contributed by atoms with van der Waals surface area (Å²) in [5.41, 5.74) is 3.22. The van der Waals surface area contributed by atoms with Crippen molar-refractivity contribution in [2.75, 3.05) is 0 Å². The molecule has 5 nitrogen and oxygen atoms in total. The van der Waals surface area contributed by atoms with E-state index in [-0.39, 0.29) is 5.43 Å². The van der Waals surface area contributed by atoms with Gasteiger partial charge in [0, 0.05) is 22.7 Å². The van der Waals surface area contributed by atoms with Crippen molar-refractivity contribution in [3.05, 3.63) is 64.4 Å². The Hall–Kier alpha value is -2.95. The van der Waals surface area contributed by atoms with E-state index in [0.717, 1.165) is 16.9 Å². The van der Waals surface area contributed by atoms with Crippen LogP contribution in [0.25, 0.3) is 28.1 Å². The number of hydrogen-bond donors (Lipinski definition) is 1. The first-order valence-corrected chi connectivity index (χ1v) is 6.67. The Balaban J connectivity index is 2.07. The van der Waals surface area contributed by atoms with E-state index < -0.39 is 0 Å². The summed E-state index contributed by atoms with van der Waals surface area (Å²) in [6, 6.07) is 14.8. The molecular formula is C16H12N4O. The van der Waals surface area contributed by atoms with Crippen molar-refractivity contribution in [2.24, 2.45) is 0 Å². The van der Waals surface area contributed by atoms with E-state index in [0.29, 0.717) is 16.9 Å². The van der Waals surface area contributed by atoms with E-state index in [1.165, 1.54) is 0 Å². The van der Waals surface area contributed by atoms with Crippen LogP contribution in [0.3, 0.4) is 0 Å². The van der Waals surface area contributed by atoms with Crippen LogP contribution in [-0.4, -0.2) is 19.6 Å². The minimum atomic E-state index is -0.0234. The van der Waals surface area contributed by atoms with Gasteiger partial charge in [-0.15, -0.1) is 10.2 Å². The molecular weight excluding hydrogens is 264 g/mol. The van der Waals surface area contributed by atoms with E-state index in [1.54, 1.807) is 6.07 Å². The molecule has 0 amide bonds. The first-order valence-electron chi connectivity index (χ1n) is 6.67. The fraction of sp³-hybridized carbons (Fsp3) is 0.0625. The summed E-state index contributed by atoms with van der Waals surface area (Å²) in [6.07, 6.45) is 0. The van der Waals surface area contributed by atoms with Gasteiger partial charge in [0.2, 0.25) is 0 Å². The summed E-state index contributed by atoms with van der Waals surface area (Å²) in [5.74, 6) is 0.644. The van der Waals surface area contributed by atoms with Crippen molar-refractivity contribution in [1.29, 1.82) is 0 Å². The summed E-state index contributed by atoms with van der Waals surface area (Å²) in [5, 5.41) is 9.05. The van der Waals surface area contributed by atoms with Gasteiger partial charge < -0.3 is 4.98 Å². The zero-order chi connectivity index (χ0) is 14.4. The fourth-order valence-corrected chi connectivity index (χ4v) is 2.59. The first kappa shape index (κ1) is 11.8. The summed E-state index contributed by atoms with van der Waals surface area (Å²) < 4.78 is 1.93. The molecule has 0 saturated carbocycles.